The first-order valence-corrected chi connectivity index (χ1v) is 3.05. The first-order valence-electron chi connectivity index (χ1n) is 0.683. The Balaban J connectivity index is -0.0000000267. The van der Waals surface area contributed by atoms with Crippen molar-refractivity contribution in [3.8, 4) is 0 Å². The molecule has 0 heterocycles. The van der Waals surface area contributed by atoms with Gasteiger partial charge in [0.15, 0.2) is 0 Å². The maximum atomic E-state index is 9.00. The van der Waals surface area contributed by atoms with Gasteiger partial charge in [-0.1, -0.05) is 0 Å². The minimum Gasteiger partial charge on any atom is -1.00 e. The molecule has 0 aliphatic rings. The second kappa shape index (κ2) is 8.54. The molecule has 0 aromatic heterocycles. The second-order valence-electron chi connectivity index (χ2n) is 0.428. The van der Waals surface area contributed by atoms with Crippen molar-refractivity contribution in [2.75, 3.05) is 0 Å². The van der Waals surface area contributed by atoms with Crippen LogP contribution in [0.25, 0.3) is 0 Å². The van der Waals surface area contributed by atoms with Crippen LogP contribution in [0.4, 0.5) is 0 Å². The van der Waals surface area contributed by atoms with Crippen LogP contribution in [0.3, 0.4) is 0 Å². The zero-order valence-electron chi connectivity index (χ0n) is 4.46. The predicted molar refractivity (Wildman–Crippen MR) is 24.9 cm³/mol. The fourth-order valence-corrected chi connectivity index (χ4v) is 0. The van der Waals surface area contributed by atoms with Gasteiger partial charge in [-0.25, -0.2) is 4.21 Å². The Kier molecular flexibility index (Phi) is 24.2. The molecule has 0 aromatic rings. The summed E-state index contributed by atoms with van der Waals surface area (Å²) < 4.78 is 25.3. The summed E-state index contributed by atoms with van der Waals surface area (Å²) in [6, 6.07) is 0. The largest absolute Gasteiger partial charge is 1.00 e. The summed E-state index contributed by atoms with van der Waals surface area (Å²) in [6.07, 6.45) is 0. The molecule has 48 valence electrons. The number of quaternary nitrogens is 1. The quantitative estimate of drug-likeness (QED) is 0.371. The summed E-state index contributed by atoms with van der Waals surface area (Å²) in [5, 5.41) is 0. The topological polar surface area (TPSA) is 96.9 Å². The maximum absolute atomic E-state index is 9.00. The van der Waals surface area contributed by atoms with E-state index in [4.69, 9.17) is 13.3 Å². The molecule has 5 N–H and O–H groups in total. The van der Waals surface area contributed by atoms with Crippen LogP contribution < -0.4 is 48.1 Å². The van der Waals surface area contributed by atoms with Crippen LogP contribution in [0.2, 0.25) is 0 Å². The van der Waals surface area contributed by atoms with E-state index in [-0.39, 0.29) is 48.1 Å². The monoisotopic (exact) mass is 189 g/mol. The van der Waals surface area contributed by atoms with Gasteiger partial charge in [-0.2, -0.15) is 0 Å². The van der Waals surface area contributed by atoms with Crippen molar-refractivity contribution in [2.24, 2.45) is 0 Å². The normalized spacial score (nSPS) is 13.2. The third kappa shape index (κ3) is 136. The minimum absolute atomic E-state index is 0. The summed E-state index contributed by atoms with van der Waals surface area (Å²) in [5.74, 6) is 0. The Morgan fingerprint density at radius 3 is 1.62 bits per heavy atom. The van der Waals surface area contributed by atoms with Crippen molar-refractivity contribution in [2.45, 2.75) is 0 Å². The van der Waals surface area contributed by atoms with Crippen LogP contribution >= 0.6 is 0 Å². The molecule has 0 rings (SSSR count). The molecule has 0 aromatic carbocycles. The Morgan fingerprint density at radius 1 is 1.62 bits per heavy atom. The molecule has 0 spiro atoms. The van der Waals surface area contributed by atoms with E-state index < -0.39 is 9.05 Å². The fraction of sp³-hybridized carbons (Fsp3) is 0. The molecule has 0 fully saturated rings. The summed E-state index contributed by atoms with van der Waals surface area (Å²) in [5.41, 5.74) is 0. The van der Waals surface area contributed by atoms with Gasteiger partial charge in [0.05, 0.1) is 9.05 Å². The zero-order valence-corrected chi connectivity index (χ0v) is 8.85. The van der Waals surface area contributed by atoms with Crippen molar-refractivity contribution in [1.29, 1.82) is 0 Å². The Bertz CT molecular complexity index is 100. The van der Waals surface area contributed by atoms with Gasteiger partial charge in [0.25, 0.3) is 0 Å². The summed E-state index contributed by atoms with van der Waals surface area (Å²) in [7, 11) is -4.08. The summed E-state index contributed by atoms with van der Waals surface area (Å²) in [6.45, 7) is 0. The molecule has 0 saturated carbocycles. The predicted octanol–water partition coefficient (Wildman–Crippen LogP) is -6.28. The van der Waals surface area contributed by atoms with E-state index in [9.17, 15) is 0 Å². The average Bonchev–Trinajstić information content (AvgIpc) is 0.722. The first kappa shape index (κ1) is 22.7. The summed E-state index contributed by atoms with van der Waals surface area (Å²) >= 11 is 3.35. The van der Waals surface area contributed by atoms with Crippen LogP contribution in [0.5, 0.6) is 0 Å². The SMILES string of the molecule is O=S([O-])(O)=S.[Cl-].[NH4+].[Na+]. The second-order valence-corrected chi connectivity index (χ2v) is 2.55. The van der Waals surface area contributed by atoms with Crippen LogP contribution in [0.15, 0.2) is 0 Å². The van der Waals surface area contributed by atoms with Gasteiger partial charge < -0.3 is 27.7 Å². The van der Waals surface area contributed by atoms with Crippen LogP contribution in [0, 0.1) is 0 Å². The van der Waals surface area contributed by atoms with Crippen LogP contribution in [-0.2, 0) is 20.2 Å². The molecular weight excluding hydrogens is 185 g/mol. The molecule has 0 radical (unpaired) electrons. The van der Waals surface area contributed by atoms with Crippen LogP contribution in [0.1, 0.15) is 0 Å². The van der Waals surface area contributed by atoms with Gasteiger partial charge in [-0.3, -0.25) is 0 Å². The molecule has 1 atom stereocenters. The number of halogens is 1. The zero-order chi connectivity index (χ0) is 4.50. The van der Waals surface area contributed by atoms with E-state index in [1.807, 2.05) is 0 Å². The van der Waals surface area contributed by atoms with Gasteiger partial charge in [0.2, 0.25) is 0 Å². The van der Waals surface area contributed by atoms with Crippen molar-refractivity contribution in [3.63, 3.8) is 0 Å². The van der Waals surface area contributed by atoms with E-state index in [0.29, 0.717) is 0 Å². The van der Waals surface area contributed by atoms with Crippen molar-refractivity contribution < 1.29 is 55.3 Å². The van der Waals surface area contributed by atoms with E-state index in [1.165, 1.54) is 0 Å². The molecular formula is H5ClNNaO3S2. The first-order chi connectivity index (χ1) is 2.00. The summed E-state index contributed by atoms with van der Waals surface area (Å²) in [4.78, 5) is 0. The molecule has 0 aliphatic heterocycles. The molecule has 0 aliphatic carbocycles. The van der Waals surface area contributed by atoms with E-state index >= 15 is 0 Å². The van der Waals surface area contributed by atoms with Crippen molar-refractivity contribution in [1.82, 2.24) is 6.15 Å². The average molecular weight is 190 g/mol. The third-order valence-electron chi connectivity index (χ3n) is 0. The number of rotatable bonds is 0. The van der Waals surface area contributed by atoms with Gasteiger partial charge in [-0.15, -0.1) is 0 Å². The van der Waals surface area contributed by atoms with Gasteiger partial charge in [0, 0.05) is 0 Å². The van der Waals surface area contributed by atoms with Crippen molar-refractivity contribution in [3.05, 3.63) is 0 Å². The van der Waals surface area contributed by atoms with E-state index in [2.05, 4.69) is 11.2 Å². The van der Waals surface area contributed by atoms with E-state index in [0.717, 1.165) is 0 Å². The minimum atomic E-state index is -4.08. The standard InChI is InChI=1S/ClH.H3N.Na.H2O3S2/c;;;1-5(2,3)4/h1H;1H3;;(H2,1,2,3,4)/q;;+1;/p-1. The Hall–Kier alpha value is 1.54. The molecule has 0 amide bonds. The van der Waals surface area contributed by atoms with E-state index in [1.54, 1.807) is 0 Å². The molecule has 8 heteroatoms. The van der Waals surface area contributed by atoms with Gasteiger partial charge in [-0.05, 0) is 11.2 Å². The van der Waals surface area contributed by atoms with Crippen molar-refractivity contribution >= 4 is 20.2 Å². The maximum Gasteiger partial charge on any atom is 1.00 e. The number of hydrogen-bond donors (Lipinski definition) is 2. The van der Waals surface area contributed by atoms with Crippen LogP contribution in [-0.4, -0.2) is 13.3 Å². The smallest absolute Gasteiger partial charge is 1.00 e. The molecule has 8 heavy (non-hydrogen) atoms. The molecule has 0 bridgehead atoms. The molecule has 1 unspecified atom stereocenters. The third-order valence-corrected chi connectivity index (χ3v) is 0. The molecule has 4 nitrogen and oxygen atoms in total. The Labute approximate surface area is 81.0 Å². The van der Waals surface area contributed by atoms with Gasteiger partial charge in [0.1, 0.15) is 0 Å². The Morgan fingerprint density at radius 2 is 1.62 bits per heavy atom. The fourth-order valence-electron chi connectivity index (χ4n) is 0. The van der Waals surface area contributed by atoms with Gasteiger partial charge >= 0.3 is 29.6 Å². The number of hydrogen-bond acceptors (Lipinski definition) is 3. The molecule has 0 saturated heterocycles.